The number of nitrogens with one attached hydrogen (secondary N) is 1. The average molecular weight is 715 g/mol. The number of aryl methyl sites for hydroxylation is 1. The van der Waals surface area contributed by atoms with Crippen molar-refractivity contribution >= 4 is 62.3 Å². The molecular weight excluding hydrogens is 677 g/mol. The SMILES string of the molecule is CC[C@@H](C)NC(=O)[C@@H](Cc1ccccc1)N(Cc1c(Cl)cccc1Cl)C(=O)CN(c1cccc(Cl)c1C)S(=O)(=O)c1ccc(C)cc1. The van der Waals surface area contributed by atoms with E-state index in [-0.39, 0.29) is 35.5 Å². The Balaban J connectivity index is 1.87. The number of hydrogen-bond donors (Lipinski definition) is 1. The van der Waals surface area contributed by atoms with E-state index < -0.39 is 28.5 Å². The molecule has 2 atom stereocenters. The van der Waals surface area contributed by atoms with Gasteiger partial charge in [-0.05, 0) is 74.7 Å². The van der Waals surface area contributed by atoms with E-state index in [2.05, 4.69) is 5.32 Å². The molecule has 1 N–H and O–H groups in total. The van der Waals surface area contributed by atoms with Gasteiger partial charge in [0.15, 0.2) is 0 Å². The molecule has 11 heteroatoms. The number of carbonyl (C=O) groups excluding carboxylic acids is 2. The maximum absolute atomic E-state index is 14.7. The Morgan fingerprint density at radius 3 is 2.02 bits per heavy atom. The molecule has 47 heavy (non-hydrogen) atoms. The highest BCUT2D eigenvalue weighted by atomic mass is 35.5. The summed E-state index contributed by atoms with van der Waals surface area (Å²) < 4.78 is 29.7. The van der Waals surface area contributed by atoms with Crippen molar-refractivity contribution in [1.29, 1.82) is 0 Å². The number of carbonyl (C=O) groups is 2. The normalized spacial score (nSPS) is 12.7. The van der Waals surface area contributed by atoms with E-state index in [0.717, 1.165) is 15.4 Å². The van der Waals surface area contributed by atoms with Crippen molar-refractivity contribution in [3.63, 3.8) is 0 Å². The predicted molar refractivity (Wildman–Crippen MR) is 191 cm³/mol. The van der Waals surface area contributed by atoms with Gasteiger partial charge in [-0.15, -0.1) is 0 Å². The molecule has 0 fully saturated rings. The van der Waals surface area contributed by atoms with Crippen LogP contribution >= 0.6 is 34.8 Å². The van der Waals surface area contributed by atoms with Gasteiger partial charge in [-0.3, -0.25) is 13.9 Å². The van der Waals surface area contributed by atoms with Crippen LogP contribution in [0, 0.1) is 13.8 Å². The molecule has 7 nitrogen and oxygen atoms in total. The lowest BCUT2D eigenvalue weighted by atomic mass is 10.0. The van der Waals surface area contributed by atoms with Crippen molar-refractivity contribution in [3.05, 3.63) is 128 Å². The molecule has 0 unspecified atom stereocenters. The molecule has 4 aromatic carbocycles. The third kappa shape index (κ3) is 8.87. The van der Waals surface area contributed by atoms with Crippen molar-refractivity contribution in [3.8, 4) is 0 Å². The lowest BCUT2D eigenvalue weighted by Crippen LogP contribution is -2.54. The first kappa shape index (κ1) is 36.3. The highest BCUT2D eigenvalue weighted by Crippen LogP contribution is 2.32. The number of rotatable bonds is 13. The lowest BCUT2D eigenvalue weighted by Gasteiger charge is -2.35. The van der Waals surface area contributed by atoms with Gasteiger partial charge in [-0.25, -0.2) is 8.42 Å². The molecule has 2 amide bonds. The van der Waals surface area contributed by atoms with E-state index in [4.69, 9.17) is 34.8 Å². The first-order chi connectivity index (χ1) is 22.3. The fourth-order valence-electron chi connectivity index (χ4n) is 5.07. The van der Waals surface area contributed by atoms with Gasteiger partial charge < -0.3 is 10.2 Å². The van der Waals surface area contributed by atoms with E-state index in [1.807, 2.05) is 51.1 Å². The molecule has 248 valence electrons. The largest absolute Gasteiger partial charge is 0.352 e. The molecule has 4 aromatic rings. The van der Waals surface area contributed by atoms with Gasteiger partial charge in [0.1, 0.15) is 12.6 Å². The van der Waals surface area contributed by atoms with Crippen LogP contribution in [-0.2, 0) is 32.6 Å². The minimum absolute atomic E-state index is 0.00585. The first-order valence-electron chi connectivity index (χ1n) is 15.2. The second kappa shape index (κ2) is 16.0. The number of amides is 2. The van der Waals surface area contributed by atoms with Crippen molar-refractivity contribution in [2.45, 2.75) is 64.1 Å². The van der Waals surface area contributed by atoms with Gasteiger partial charge in [-0.2, -0.15) is 0 Å². The fourth-order valence-corrected chi connectivity index (χ4v) is 7.22. The minimum Gasteiger partial charge on any atom is -0.352 e. The van der Waals surface area contributed by atoms with Crippen LogP contribution in [0.3, 0.4) is 0 Å². The van der Waals surface area contributed by atoms with Crippen molar-refractivity contribution < 1.29 is 18.0 Å². The molecule has 0 bridgehead atoms. The first-order valence-corrected chi connectivity index (χ1v) is 17.8. The summed E-state index contributed by atoms with van der Waals surface area (Å²) in [7, 11) is -4.28. The standard InChI is InChI=1S/C36H38Cl3N3O4S/c1-5-25(3)40-36(44)34(21-27-11-7-6-8-12-27)41(22-29-31(38)14-9-15-32(29)39)35(43)23-42(33-16-10-13-30(37)26(33)4)47(45,46)28-19-17-24(2)18-20-28/h6-20,25,34H,5,21-23H2,1-4H3,(H,40,44)/t25-,34-/m1/s1. The third-order valence-corrected chi connectivity index (χ3v) is 10.9. The number of benzene rings is 4. The Labute approximate surface area is 292 Å². The predicted octanol–water partition coefficient (Wildman–Crippen LogP) is 8.01. The maximum Gasteiger partial charge on any atom is 0.264 e. The van der Waals surface area contributed by atoms with E-state index >= 15 is 0 Å². The number of halogens is 3. The highest BCUT2D eigenvalue weighted by molar-refractivity contribution is 7.92. The molecular formula is C36H38Cl3N3O4S. The minimum atomic E-state index is -4.28. The zero-order valence-corrected chi connectivity index (χ0v) is 29.8. The fraction of sp³-hybridized carbons (Fsp3) is 0.278. The Bertz CT molecular complexity index is 1800. The van der Waals surface area contributed by atoms with E-state index in [9.17, 15) is 18.0 Å². The maximum atomic E-state index is 14.7. The van der Waals surface area contributed by atoms with Crippen LogP contribution in [0.1, 0.15) is 42.5 Å². The van der Waals surface area contributed by atoms with Crippen LogP contribution < -0.4 is 9.62 Å². The summed E-state index contributed by atoms with van der Waals surface area (Å²) in [5.74, 6) is -1.01. The number of nitrogens with zero attached hydrogens (tertiary/aromatic N) is 2. The number of hydrogen-bond acceptors (Lipinski definition) is 4. The van der Waals surface area contributed by atoms with Gasteiger partial charge in [0, 0.05) is 39.6 Å². The molecule has 0 saturated carbocycles. The van der Waals surface area contributed by atoms with Gasteiger partial charge in [0.25, 0.3) is 10.0 Å². The quantitative estimate of drug-likeness (QED) is 0.152. The molecule has 0 saturated heterocycles. The summed E-state index contributed by atoms with van der Waals surface area (Å²) in [6, 6.07) is 24.4. The molecule has 0 aromatic heterocycles. The van der Waals surface area contributed by atoms with Gasteiger partial charge in [0.05, 0.1) is 10.6 Å². The van der Waals surface area contributed by atoms with Crippen LogP contribution in [0.4, 0.5) is 5.69 Å². The zero-order chi connectivity index (χ0) is 34.3. The summed E-state index contributed by atoms with van der Waals surface area (Å²) in [6.45, 7) is 6.61. The Morgan fingerprint density at radius 2 is 1.40 bits per heavy atom. The third-order valence-electron chi connectivity index (χ3n) is 8.06. The van der Waals surface area contributed by atoms with Crippen LogP contribution in [-0.4, -0.2) is 43.8 Å². The molecule has 0 aliphatic rings. The van der Waals surface area contributed by atoms with Crippen LogP contribution in [0.2, 0.25) is 15.1 Å². The van der Waals surface area contributed by atoms with Gasteiger partial charge >= 0.3 is 0 Å². The number of anilines is 1. The number of sulfonamides is 1. The molecule has 0 aliphatic heterocycles. The summed E-state index contributed by atoms with van der Waals surface area (Å²) in [4.78, 5) is 30.1. The monoisotopic (exact) mass is 713 g/mol. The second-order valence-corrected chi connectivity index (χ2v) is 14.5. The van der Waals surface area contributed by atoms with Crippen LogP contribution in [0.15, 0.2) is 95.9 Å². The average Bonchev–Trinajstić information content (AvgIpc) is 3.04. The molecule has 0 spiro atoms. The lowest BCUT2D eigenvalue weighted by molar-refractivity contribution is -0.140. The van der Waals surface area contributed by atoms with E-state index in [1.54, 1.807) is 55.5 Å². The van der Waals surface area contributed by atoms with E-state index in [0.29, 0.717) is 32.6 Å². The molecule has 0 aliphatic carbocycles. The molecule has 0 heterocycles. The van der Waals surface area contributed by atoms with E-state index in [1.165, 1.54) is 17.0 Å². The van der Waals surface area contributed by atoms with Crippen LogP contribution in [0.25, 0.3) is 0 Å². The highest BCUT2D eigenvalue weighted by Gasteiger charge is 2.36. The zero-order valence-electron chi connectivity index (χ0n) is 26.7. The molecule has 4 rings (SSSR count). The van der Waals surface area contributed by atoms with Crippen molar-refractivity contribution in [1.82, 2.24) is 10.2 Å². The Kier molecular flexibility index (Phi) is 12.4. The van der Waals surface area contributed by atoms with Crippen molar-refractivity contribution in [2.75, 3.05) is 10.8 Å². The Morgan fingerprint density at radius 1 is 0.809 bits per heavy atom. The van der Waals surface area contributed by atoms with Crippen LogP contribution in [0.5, 0.6) is 0 Å². The summed E-state index contributed by atoms with van der Waals surface area (Å²) in [5.41, 5.74) is 2.85. The van der Waals surface area contributed by atoms with Gasteiger partial charge in [-0.1, -0.05) is 102 Å². The van der Waals surface area contributed by atoms with Crippen molar-refractivity contribution in [2.24, 2.45) is 0 Å². The summed E-state index contributed by atoms with van der Waals surface area (Å²) >= 11 is 19.6. The van der Waals surface area contributed by atoms with Gasteiger partial charge in [0.2, 0.25) is 11.8 Å². The Hall–Kier alpha value is -3.56. The molecule has 0 radical (unpaired) electrons. The second-order valence-electron chi connectivity index (χ2n) is 11.5. The topological polar surface area (TPSA) is 86.8 Å². The smallest absolute Gasteiger partial charge is 0.264 e. The summed E-state index contributed by atoms with van der Waals surface area (Å²) in [5, 5.41) is 3.98. The summed E-state index contributed by atoms with van der Waals surface area (Å²) in [6.07, 6.45) is 0.836.